The molecule has 2 atom stereocenters. The third-order valence-electron chi connectivity index (χ3n) is 9.86. The Hall–Kier alpha value is -5.58. The Morgan fingerprint density at radius 2 is 1.76 bits per heavy atom. The summed E-state index contributed by atoms with van der Waals surface area (Å²) >= 11 is 0. The van der Waals surface area contributed by atoms with Crippen LogP contribution in [-0.4, -0.2) is 67.3 Å². The number of aryl methyl sites for hydroxylation is 3. The fraction of sp³-hybridized carbons (Fsp3) is 0.243. The molecule has 11 nitrogen and oxygen atoms in total. The number of pyridine rings is 2. The number of anilines is 1. The summed E-state index contributed by atoms with van der Waals surface area (Å²) in [6.07, 6.45) is 5.92. The Balaban J connectivity index is 1.16. The van der Waals surface area contributed by atoms with Gasteiger partial charge in [-0.2, -0.15) is 10.4 Å². The summed E-state index contributed by atoms with van der Waals surface area (Å²) < 4.78 is 45.4. The van der Waals surface area contributed by atoms with Crippen LogP contribution in [0, 0.1) is 31.0 Å². The first-order valence-corrected chi connectivity index (χ1v) is 17.7. The lowest BCUT2D eigenvalue weighted by Gasteiger charge is -2.56. The quantitative estimate of drug-likeness (QED) is 0.230. The van der Waals surface area contributed by atoms with Crippen molar-refractivity contribution in [2.45, 2.75) is 43.8 Å². The number of piperidine rings is 1. The molecule has 2 bridgehead atoms. The van der Waals surface area contributed by atoms with E-state index in [1.54, 1.807) is 54.5 Å². The van der Waals surface area contributed by atoms with E-state index in [4.69, 9.17) is 4.98 Å². The van der Waals surface area contributed by atoms with Gasteiger partial charge in [-0.05, 0) is 68.8 Å². The van der Waals surface area contributed by atoms with E-state index in [0.29, 0.717) is 51.1 Å². The molecule has 2 aromatic carbocycles. The summed E-state index contributed by atoms with van der Waals surface area (Å²) in [6, 6.07) is 19.0. The van der Waals surface area contributed by atoms with Crippen molar-refractivity contribution in [1.82, 2.24) is 28.6 Å². The minimum absolute atomic E-state index is 0.0956. The zero-order valence-electron chi connectivity index (χ0n) is 27.6. The van der Waals surface area contributed by atoms with Crippen molar-refractivity contribution in [2.24, 2.45) is 7.05 Å². The van der Waals surface area contributed by atoms with Crippen molar-refractivity contribution >= 4 is 26.9 Å². The Morgan fingerprint density at radius 1 is 1.00 bits per heavy atom. The molecule has 4 aromatic heterocycles. The maximum absolute atomic E-state index is 14.3. The zero-order valence-corrected chi connectivity index (χ0v) is 28.4. The van der Waals surface area contributed by atoms with Gasteiger partial charge in [-0.25, -0.2) is 26.7 Å². The van der Waals surface area contributed by atoms with Crippen molar-refractivity contribution in [3.63, 3.8) is 0 Å². The van der Waals surface area contributed by atoms with Gasteiger partial charge in [0.2, 0.25) is 0 Å². The molecule has 13 heteroatoms. The smallest absolute Gasteiger partial charge is 0.269 e. The van der Waals surface area contributed by atoms with Crippen LogP contribution in [0.15, 0.2) is 84.1 Å². The number of hydrogen-bond donors (Lipinski definition) is 1. The van der Waals surface area contributed by atoms with Crippen LogP contribution in [0.25, 0.3) is 33.4 Å². The van der Waals surface area contributed by atoms with Crippen LogP contribution >= 0.6 is 0 Å². The van der Waals surface area contributed by atoms with Gasteiger partial charge < -0.3 is 10.0 Å². The van der Waals surface area contributed by atoms with Gasteiger partial charge >= 0.3 is 0 Å². The third-order valence-corrected chi connectivity index (χ3v) is 11.6. The maximum atomic E-state index is 14.3. The van der Waals surface area contributed by atoms with Crippen molar-refractivity contribution in [1.29, 1.82) is 5.26 Å². The van der Waals surface area contributed by atoms with Gasteiger partial charge in [0.15, 0.2) is 5.65 Å². The van der Waals surface area contributed by atoms with E-state index >= 15 is 0 Å². The first kappa shape index (κ1) is 31.7. The van der Waals surface area contributed by atoms with E-state index in [9.17, 15) is 23.2 Å². The second kappa shape index (κ2) is 11.8. The van der Waals surface area contributed by atoms with Gasteiger partial charge in [0.1, 0.15) is 23.5 Å². The highest BCUT2D eigenvalue weighted by Crippen LogP contribution is 2.40. The fourth-order valence-electron chi connectivity index (χ4n) is 7.35. The van der Waals surface area contributed by atoms with Gasteiger partial charge in [0.25, 0.3) is 10.0 Å². The SMILES string of the molecule is Cc1ccc(S(=O)(=O)n2c(-c3cn(C)nc3C)cc3c(-c4ccc(N5CC6CC(C5)N6Cc5cc(F)ccc5O)nc4)c(C#N)cnc32)cc1. The number of piperazine rings is 1. The lowest BCUT2D eigenvalue weighted by Crippen LogP contribution is -2.68. The highest BCUT2D eigenvalue weighted by atomic mass is 32.2. The highest BCUT2D eigenvalue weighted by molar-refractivity contribution is 7.90. The normalized spacial score (nSPS) is 17.5. The third kappa shape index (κ3) is 5.19. The van der Waals surface area contributed by atoms with Crippen LogP contribution in [0.2, 0.25) is 0 Å². The van der Waals surface area contributed by atoms with Gasteiger partial charge in [-0.3, -0.25) is 9.58 Å². The number of hydrogen-bond acceptors (Lipinski definition) is 9. The molecule has 7 heterocycles. The average molecular weight is 689 g/mol. The molecule has 3 fully saturated rings. The molecule has 252 valence electrons. The van der Waals surface area contributed by atoms with Crippen molar-refractivity contribution in [3.05, 3.63) is 107 Å². The number of nitrogens with zero attached hydrogens (tertiary/aromatic N) is 8. The lowest BCUT2D eigenvalue weighted by molar-refractivity contribution is -0.00921. The second-order valence-electron chi connectivity index (χ2n) is 13.1. The molecule has 3 saturated heterocycles. The van der Waals surface area contributed by atoms with Gasteiger partial charge in [0.05, 0.1) is 21.8 Å². The molecule has 3 aliphatic rings. The van der Waals surface area contributed by atoms with Crippen LogP contribution in [-0.2, 0) is 23.6 Å². The molecule has 9 rings (SSSR count). The maximum Gasteiger partial charge on any atom is 0.269 e. The minimum atomic E-state index is -4.12. The molecule has 50 heavy (non-hydrogen) atoms. The lowest BCUT2D eigenvalue weighted by atomic mass is 9.86. The van der Waals surface area contributed by atoms with E-state index < -0.39 is 10.0 Å². The Morgan fingerprint density at radius 3 is 2.42 bits per heavy atom. The number of rotatable bonds is 7. The first-order valence-electron chi connectivity index (χ1n) is 16.2. The highest BCUT2D eigenvalue weighted by Gasteiger charge is 2.45. The Bertz CT molecular complexity index is 2440. The monoisotopic (exact) mass is 688 g/mol. The summed E-state index contributed by atoms with van der Waals surface area (Å²) in [7, 11) is -2.34. The van der Waals surface area contributed by atoms with Crippen LogP contribution < -0.4 is 4.90 Å². The second-order valence-corrected chi connectivity index (χ2v) is 14.9. The molecule has 3 aliphatic heterocycles. The van der Waals surface area contributed by atoms with Crippen molar-refractivity contribution in [2.75, 3.05) is 18.0 Å². The molecule has 0 aliphatic carbocycles. The molecule has 0 saturated carbocycles. The van der Waals surface area contributed by atoms with E-state index in [1.165, 1.54) is 28.4 Å². The van der Waals surface area contributed by atoms with E-state index in [1.807, 2.05) is 26.0 Å². The molecule has 2 unspecified atom stereocenters. The van der Waals surface area contributed by atoms with Crippen LogP contribution in [0.1, 0.15) is 28.8 Å². The zero-order chi connectivity index (χ0) is 34.9. The number of phenols is 1. The standard InChI is InChI=1S/C37H33FN8O3S/c1-22-4-8-30(9-5-22)50(48,49)46-33(32-21-43(3)42-23(32)2)14-31-36(26(15-39)17-41-37(31)46)24-6-11-35(40-16-24)44-19-28-13-29(20-44)45(28)18-25-12-27(38)7-10-34(25)47/h4-12,14,16-17,21,28-29,47H,13,18-20H2,1-3H3. The molecule has 0 radical (unpaired) electrons. The van der Waals surface area contributed by atoms with E-state index in [-0.39, 0.29) is 34.2 Å². The Kier molecular flexibility index (Phi) is 7.47. The van der Waals surface area contributed by atoms with Gasteiger partial charge in [0, 0.05) is 85.0 Å². The minimum Gasteiger partial charge on any atom is -0.508 e. The van der Waals surface area contributed by atoms with Crippen molar-refractivity contribution in [3.8, 4) is 34.2 Å². The molecular formula is C37H33FN8O3S. The van der Waals surface area contributed by atoms with Gasteiger partial charge in [-0.15, -0.1) is 0 Å². The largest absolute Gasteiger partial charge is 0.508 e. The van der Waals surface area contributed by atoms with E-state index in [0.717, 1.165) is 30.9 Å². The Labute approximate surface area is 288 Å². The molecule has 0 spiro atoms. The summed E-state index contributed by atoms with van der Waals surface area (Å²) in [4.78, 5) is 14.0. The summed E-state index contributed by atoms with van der Waals surface area (Å²) in [5.41, 5.74) is 4.87. The first-order chi connectivity index (χ1) is 24.0. The average Bonchev–Trinajstić information content (AvgIpc) is 3.67. The fourth-order valence-corrected chi connectivity index (χ4v) is 8.82. The number of aromatic hydroxyl groups is 1. The number of benzene rings is 2. The summed E-state index contributed by atoms with van der Waals surface area (Å²) in [6.45, 7) is 5.66. The van der Waals surface area contributed by atoms with Crippen LogP contribution in [0.4, 0.5) is 10.2 Å². The summed E-state index contributed by atoms with van der Waals surface area (Å²) in [5.74, 6) is 0.512. The molecular weight excluding hydrogens is 656 g/mol. The predicted octanol–water partition coefficient (Wildman–Crippen LogP) is 5.53. The molecule has 1 N–H and O–H groups in total. The number of nitriles is 1. The predicted molar refractivity (Wildman–Crippen MR) is 186 cm³/mol. The van der Waals surface area contributed by atoms with Crippen LogP contribution in [0.5, 0.6) is 5.75 Å². The number of fused-ring (bicyclic) bond motifs is 3. The van der Waals surface area contributed by atoms with E-state index in [2.05, 4.69) is 26.0 Å². The topological polar surface area (TPSA) is 133 Å². The number of halogens is 1. The number of phenolic OH excluding ortho intramolecular Hbond substituents is 1. The summed E-state index contributed by atoms with van der Waals surface area (Å²) in [5, 5.41) is 25.4. The van der Waals surface area contributed by atoms with Crippen LogP contribution in [0.3, 0.4) is 0 Å². The van der Waals surface area contributed by atoms with Crippen molar-refractivity contribution < 1.29 is 17.9 Å². The molecule has 0 amide bonds. The molecule has 6 aromatic rings. The van der Waals surface area contributed by atoms with Gasteiger partial charge in [-0.1, -0.05) is 17.7 Å². The number of aromatic nitrogens is 5.